The van der Waals surface area contributed by atoms with E-state index in [1.807, 2.05) is 48.5 Å². The quantitative estimate of drug-likeness (QED) is 0.727. The topological polar surface area (TPSA) is 61.4 Å². The maximum absolute atomic E-state index is 12.5. The summed E-state index contributed by atoms with van der Waals surface area (Å²) in [5.41, 5.74) is 3.21. The van der Waals surface area contributed by atoms with Crippen molar-refractivity contribution >= 4 is 11.4 Å². The lowest BCUT2D eigenvalue weighted by Gasteiger charge is -2.05. The molecule has 1 aromatic heterocycles. The van der Waals surface area contributed by atoms with Crippen LogP contribution < -0.4 is 10.4 Å². The highest BCUT2D eigenvalue weighted by Gasteiger charge is 2.21. The van der Waals surface area contributed by atoms with Gasteiger partial charge in [0.2, 0.25) is 0 Å². The molecule has 6 heteroatoms. The Morgan fingerprint density at radius 2 is 1.83 bits per heavy atom. The predicted octanol–water partition coefficient (Wildman–Crippen LogP) is 2.26. The molecule has 0 N–H and O–H groups in total. The van der Waals surface area contributed by atoms with Crippen LogP contribution in [0, 0.1) is 0 Å². The van der Waals surface area contributed by atoms with Crippen LogP contribution in [0.15, 0.2) is 58.3 Å². The van der Waals surface area contributed by atoms with Gasteiger partial charge < -0.3 is 4.74 Å². The van der Waals surface area contributed by atoms with Crippen LogP contribution in [0.2, 0.25) is 0 Å². The molecule has 0 unspecified atom stereocenters. The Morgan fingerprint density at radius 3 is 2.58 bits per heavy atom. The number of hydrogen-bond acceptors (Lipinski definition) is 4. The first-order chi connectivity index (χ1) is 11.7. The molecule has 0 aliphatic carbocycles. The number of benzene rings is 2. The maximum Gasteiger partial charge on any atom is 0.350 e. The second kappa shape index (κ2) is 5.49. The van der Waals surface area contributed by atoms with Gasteiger partial charge in [-0.25, -0.2) is 14.0 Å². The first-order valence-electron chi connectivity index (χ1n) is 7.63. The van der Waals surface area contributed by atoms with Crippen LogP contribution in [0.3, 0.4) is 0 Å². The molecule has 6 nitrogen and oxygen atoms in total. The van der Waals surface area contributed by atoms with Gasteiger partial charge in [0.15, 0.2) is 0 Å². The molecular weight excluding hydrogens is 304 g/mol. The number of aliphatic imine (C=N–C) groups is 1. The number of methoxy groups -OCH3 is 1. The fourth-order valence-electron chi connectivity index (χ4n) is 2.90. The van der Waals surface area contributed by atoms with E-state index in [4.69, 9.17) is 9.73 Å². The number of rotatable bonds is 2. The van der Waals surface area contributed by atoms with E-state index in [9.17, 15) is 4.79 Å². The summed E-state index contributed by atoms with van der Waals surface area (Å²) in [4.78, 5) is 17.2. The lowest BCUT2D eigenvalue weighted by atomic mass is 10.1. The summed E-state index contributed by atoms with van der Waals surface area (Å²) >= 11 is 0. The number of ether oxygens (including phenoxy) is 1. The Hall–Kier alpha value is -3.15. The largest absolute Gasteiger partial charge is 0.497 e. The van der Waals surface area contributed by atoms with Gasteiger partial charge in [-0.3, -0.25) is 4.99 Å². The summed E-state index contributed by atoms with van der Waals surface area (Å²) in [6.07, 6.45) is 0.483. The third-order valence-electron chi connectivity index (χ3n) is 4.12. The Morgan fingerprint density at radius 1 is 1.08 bits per heavy atom. The zero-order valence-corrected chi connectivity index (χ0v) is 13.4. The Bertz CT molecular complexity index is 997. The number of hydrogen-bond donors (Lipinski definition) is 0. The summed E-state index contributed by atoms with van der Waals surface area (Å²) in [5, 5.41) is 4.38. The molecule has 2 heterocycles. The molecule has 3 aromatic rings. The first kappa shape index (κ1) is 14.4. The highest BCUT2D eigenvalue weighted by Crippen LogP contribution is 2.28. The Kier molecular flexibility index (Phi) is 3.30. The van der Waals surface area contributed by atoms with Gasteiger partial charge in [0, 0.05) is 7.05 Å². The highest BCUT2D eigenvalue weighted by atomic mass is 16.5. The number of aromatic nitrogens is 3. The van der Waals surface area contributed by atoms with Crippen molar-refractivity contribution in [3.63, 3.8) is 0 Å². The zero-order chi connectivity index (χ0) is 16.7. The molecule has 1 aliphatic rings. The molecule has 24 heavy (non-hydrogen) atoms. The summed E-state index contributed by atoms with van der Waals surface area (Å²) < 4.78 is 8.21. The molecule has 0 bridgehead atoms. The molecule has 0 radical (unpaired) electrons. The normalized spacial score (nSPS) is 12.8. The first-order valence-corrected chi connectivity index (χ1v) is 7.63. The van der Waals surface area contributed by atoms with E-state index in [1.165, 1.54) is 4.68 Å². The molecule has 4 rings (SSSR count). The molecule has 0 spiro atoms. The number of fused-ring (bicyclic) bond motifs is 3. The van der Waals surface area contributed by atoms with Gasteiger partial charge in [0.1, 0.15) is 11.6 Å². The molecular formula is C18H16N4O2. The van der Waals surface area contributed by atoms with Gasteiger partial charge >= 0.3 is 5.69 Å². The summed E-state index contributed by atoms with van der Waals surface area (Å²) in [6, 6.07) is 15.4. The zero-order valence-electron chi connectivity index (χ0n) is 13.4. The summed E-state index contributed by atoms with van der Waals surface area (Å²) in [7, 11) is 3.30. The van der Waals surface area contributed by atoms with Gasteiger partial charge in [-0.05, 0) is 42.0 Å². The van der Waals surface area contributed by atoms with Crippen molar-refractivity contribution in [2.45, 2.75) is 6.42 Å². The monoisotopic (exact) mass is 320 g/mol. The number of nitrogens with zero attached hydrogens (tertiary/aromatic N) is 4. The molecule has 0 amide bonds. The van der Waals surface area contributed by atoms with Gasteiger partial charge in [-0.15, -0.1) is 0 Å². The van der Waals surface area contributed by atoms with Crippen LogP contribution in [0.5, 0.6) is 5.75 Å². The standard InChI is InChI=1S/C18H16N4O2/c1-21-18(23)22-16-6-4-3-5-14(16)19-15(11-17(22)20-21)12-7-9-13(24-2)10-8-12/h3-10H,11H2,1-2H3. The lowest BCUT2D eigenvalue weighted by molar-refractivity contribution is 0.415. The van der Waals surface area contributed by atoms with Crippen molar-refractivity contribution in [2.75, 3.05) is 7.11 Å². The SMILES string of the molecule is COc1ccc(C2=Nc3ccccc3-n3c(nn(C)c3=O)C2)cc1. The second-order valence-electron chi connectivity index (χ2n) is 5.61. The molecule has 1 aliphatic heterocycles. The molecule has 120 valence electrons. The van der Waals surface area contributed by atoms with Crippen LogP contribution in [0.1, 0.15) is 11.4 Å². The Labute approximate surface area is 138 Å². The van der Waals surface area contributed by atoms with Crippen molar-refractivity contribution in [2.24, 2.45) is 12.0 Å². The van der Waals surface area contributed by atoms with Crippen molar-refractivity contribution in [1.82, 2.24) is 14.3 Å². The van der Waals surface area contributed by atoms with E-state index in [-0.39, 0.29) is 5.69 Å². The second-order valence-corrected chi connectivity index (χ2v) is 5.61. The molecule has 2 aromatic carbocycles. The minimum Gasteiger partial charge on any atom is -0.497 e. The third kappa shape index (κ3) is 2.23. The van der Waals surface area contributed by atoms with Gasteiger partial charge in [0.05, 0.1) is 30.6 Å². The van der Waals surface area contributed by atoms with Crippen LogP contribution in [-0.2, 0) is 13.5 Å². The summed E-state index contributed by atoms with van der Waals surface area (Å²) in [6.45, 7) is 0. The fourth-order valence-corrected chi connectivity index (χ4v) is 2.90. The van der Waals surface area contributed by atoms with Crippen molar-refractivity contribution in [1.29, 1.82) is 0 Å². The van der Waals surface area contributed by atoms with E-state index in [0.29, 0.717) is 12.2 Å². The van der Waals surface area contributed by atoms with Crippen LogP contribution >= 0.6 is 0 Å². The fraction of sp³-hybridized carbons (Fsp3) is 0.167. The molecule has 0 saturated heterocycles. The van der Waals surface area contributed by atoms with Crippen molar-refractivity contribution in [3.05, 3.63) is 70.4 Å². The number of aryl methyl sites for hydroxylation is 1. The predicted molar refractivity (Wildman–Crippen MR) is 91.7 cm³/mol. The van der Waals surface area contributed by atoms with Crippen molar-refractivity contribution < 1.29 is 4.74 Å². The van der Waals surface area contributed by atoms with Crippen LogP contribution in [0.25, 0.3) is 5.69 Å². The van der Waals surface area contributed by atoms with E-state index in [1.54, 1.807) is 18.7 Å². The highest BCUT2D eigenvalue weighted by molar-refractivity contribution is 6.04. The van der Waals surface area contributed by atoms with Gasteiger partial charge in [0.25, 0.3) is 0 Å². The summed E-state index contributed by atoms with van der Waals surface area (Å²) in [5.74, 6) is 1.48. The van der Waals surface area contributed by atoms with Crippen LogP contribution in [-0.4, -0.2) is 27.2 Å². The molecule has 0 saturated carbocycles. The van der Waals surface area contributed by atoms with Crippen molar-refractivity contribution in [3.8, 4) is 11.4 Å². The van der Waals surface area contributed by atoms with E-state index >= 15 is 0 Å². The van der Waals surface area contributed by atoms with Crippen LogP contribution in [0.4, 0.5) is 5.69 Å². The van der Waals surface area contributed by atoms with Gasteiger partial charge in [-0.1, -0.05) is 12.1 Å². The van der Waals surface area contributed by atoms with Gasteiger partial charge in [-0.2, -0.15) is 5.10 Å². The maximum atomic E-state index is 12.5. The van der Waals surface area contributed by atoms with E-state index in [2.05, 4.69) is 5.10 Å². The van der Waals surface area contributed by atoms with E-state index in [0.717, 1.165) is 28.4 Å². The average Bonchev–Trinajstić information content (AvgIpc) is 2.80. The minimum absolute atomic E-state index is 0.163. The Balaban J connectivity index is 1.92. The smallest absolute Gasteiger partial charge is 0.350 e. The molecule has 0 fully saturated rings. The van der Waals surface area contributed by atoms with E-state index < -0.39 is 0 Å². The minimum atomic E-state index is -0.163. The molecule has 0 atom stereocenters. The lowest BCUT2D eigenvalue weighted by Crippen LogP contribution is -2.22. The third-order valence-corrected chi connectivity index (χ3v) is 4.12. The average molecular weight is 320 g/mol. The number of para-hydroxylation sites is 2.